The summed E-state index contributed by atoms with van der Waals surface area (Å²) in [4.78, 5) is 4.58. The molecule has 1 aliphatic rings. The molecule has 21 heavy (non-hydrogen) atoms. The summed E-state index contributed by atoms with van der Waals surface area (Å²) in [6, 6.07) is 0.409. The lowest BCUT2D eigenvalue weighted by atomic mass is 10.2. The molecule has 0 aromatic carbocycles. The molecular formula is C15H27BrN4O. The lowest BCUT2D eigenvalue weighted by Gasteiger charge is -2.26. The van der Waals surface area contributed by atoms with E-state index < -0.39 is 0 Å². The highest BCUT2D eigenvalue weighted by Crippen LogP contribution is 2.27. The summed E-state index contributed by atoms with van der Waals surface area (Å²) in [6.07, 6.45) is 1.58. The third kappa shape index (κ3) is 3.86. The number of halogens is 1. The summed E-state index contributed by atoms with van der Waals surface area (Å²) in [7, 11) is 4.18. The fourth-order valence-corrected chi connectivity index (χ4v) is 3.81. The van der Waals surface area contributed by atoms with Crippen molar-refractivity contribution >= 4 is 15.9 Å². The number of rotatable bonds is 6. The van der Waals surface area contributed by atoms with Crippen LogP contribution in [0.3, 0.4) is 0 Å². The quantitative estimate of drug-likeness (QED) is 0.840. The second-order valence-electron chi connectivity index (χ2n) is 6.11. The summed E-state index contributed by atoms with van der Waals surface area (Å²) >= 11 is 3.71. The van der Waals surface area contributed by atoms with E-state index in [1.165, 1.54) is 5.69 Å². The Balaban J connectivity index is 2.18. The monoisotopic (exact) mass is 358 g/mol. The van der Waals surface area contributed by atoms with E-state index in [1.54, 1.807) is 0 Å². The Morgan fingerprint density at radius 2 is 2.10 bits per heavy atom. The average Bonchev–Trinajstić information content (AvgIpc) is 2.91. The van der Waals surface area contributed by atoms with Gasteiger partial charge in [-0.1, -0.05) is 6.92 Å². The standard InChI is InChI=1S/C15H27BrN4O/c1-5-13-15(16)14(20(6-2)17-13)10-19-9-12(21)7-11(19)8-18(3)4/h11-12,21H,5-10H2,1-4H3. The van der Waals surface area contributed by atoms with Gasteiger partial charge in [0.2, 0.25) is 0 Å². The highest BCUT2D eigenvalue weighted by atomic mass is 79.9. The molecule has 2 atom stereocenters. The predicted octanol–water partition coefficient (Wildman–Crippen LogP) is 1.72. The first kappa shape index (κ1) is 16.9. The van der Waals surface area contributed by atoms with Gasteiger partial charge in [-0.3, -0.25) is 9.58 Å². The third-order valence-corrected chi connectivity index (χ3v) is 5.04. The smallest absolute Gasteiger partial charge is 0.0767 e. The molecule has 1 saturated heterocycles. The number of hydrogen-bond acceptors (Lipinski definition) is 4. The Hall–Kier alpha value is -0.430. The Morgan fingerprint density at radius 3 is 2.67 bits per heavy atom. The molecule has 0 spiro atoms. The van der Waals surface area contributed by atoms with Gasteiger partial charge in [0, 0.05) is 32.2 Å². The highest BCUT2D eigenvalue weighted by molar-refractivity contribution is 9.10. The van der Waals surface area contributed by atoms with Crippen LogP contribution in [0.5, 0.6) is 0 Å². The van der Waals surface area contributed by atoms with E-state index in [-0.39, 0.29) is 6.10 Å². The van der Waals surface area contributed by atoms with Gasteiger partial charge in [0.25, 0.3) is 0 Å². The van der Waals surface area contributed by atoms with Gasteiger partial charge in [-0.2, -0.15) is 5.10 Å². The predicted molar refractivity (Wildman–Crippen MR) is 88.4 cm³/mol. The maximum absolute atomic E-state index is 10.0. The maximum Gasteiger partial charge on any atom is 0.0767 e. The van der Waals surface area contributed by atoms with Crippen LogP contribution in [0, 0.1) is 0 Å². The van der Waals surface area contributed by atoms with E-state index in [0.717, 1.165) is 49.2 Å². The molecule has 1 aliphatic heterocycles. The molecule has 0 radical (unpaired) electrons. The van der Waals surface area contributed by atoms with Crippen LogP contribution in [0.1, 0.15) is 31.7 Å². The number of likely N-dealkylation sites (tertiary alicyclic amines) is 1. The fourth-order valence-electron chi connectivity index (χ4n) is 3.12. The minimum atomic E-state index is -0.211. The molecule has 2 heterocycles. The minimum Gasteiger partial charge on any atom is -0.392 e. The molecule has 5 nitrogen and oxygen atoms in total. The molecule has 0 saturated carbocycles. The van der Waals surface area contributed by atoms with Crippen molar-refractivity contribution in [2.45, 2.75) is 51.9 Å². The maximum atomic E-state index is 10.0. The van der Waals surface area contributed by atoms with Crippen molar-refractivity contribution in [1.82, 2.24) is 19.6 Å². The normalized spacial score (nSPS) is 23.4. The van der Waals surface area contributed by atoms with Crippen LogP contribution in [0.15, 0.2) is 4.47 Å². The first-order chi connectivity index (χ1) is 9.96. The molecule has 2 rings (SSSR count). The first-order valence-electron chi connectivity index (χ1n) is 7.77. The largest absolute Gasteiger partial charge is 0.392 e. The van der Waals surface area contributed by atoms with Crippen molar-refractivity contribution in [3.63, 3.8) is 0 Å². The third-order valence-electron chi connectivity index (χ3n) is 4.13. The topological polar surface area (TPSA) is 44.5 Å². The van der Waals surface area contributed by atoms with E-state index >= 15 is 0 Å². The molecule has 0 bridgehead atoms. The highest BCUT2D eigenvalue weighted by Gasteiger charge is 2.32. The van der Waals surface area contributed by atoms with Crippen LogP contribution in [0.4, 0.5) is 0 Å². The summed E-state index contributed by atoms with van der Waals surface area (Å²) < 4.78 is 3.22. The molecule has 2 unspecified atom stereocenters. The van der Waals surface area contributed by atoms with Crippen molar-refractivity contribution < 1.29 is 5.11 Å². The molecule has 120 valence electrons. The van der Waals surface area contributed by atoms with Gasteiger partial charge in [-0.15, -0.1) is 0 Å². The molecule has 1 fully saturated rings. The van der Waals surface area contributed by atoms with Gasteiger partial charge in [0.15, 0.2) is 0 Å². The van der Waals surface area contributed by atoms with Crippen molar-refractivity contribution in [1.29, 1.82) is 0 Å². The summed E-state index contributed by atoms with van der Waals surface area (Å²) in [5.74, 6) is 0. The minimum absolute atomic E-state index is 0.211. The number of hydrogen-bond donors (Lipinski definition) is 1. The number of likely N-dealkylation sites (N-methyl/N-ethyl adjacent to an activating group) is 1. The average molecular weight is 359 g/mol. The number of aromatic nitrogens is 2. The van der Waals surface area contributed by atoms with Crippen LogP contribution in [0.25, 0.3) is 0 Å². The zero-order valence-corrected chi connectivity index (χ0v) is 15.1. The Labute approximate surface area is 136 Å². The van der Waals surface area contributed by atoms with Gasteiger partial charge in [-0.25, -0.2) is 0 Å². The lowest BCUT2D eigenvalue weighted by molar-refractivity contribution is 0.167. The lowest BCUT2D eigenvalue weighted by Crippen LogP contribution is -2.37. The van der Waals surface area contributed by atoms with E-state index in [4.69, 9.17) is 0 Å². The summed E-state index contributed by atoms with van der Waals surface area (Å²) in [5.41, 5.74) is 2.35. The van der Waals surface area contributed by atoms with Crippen LogP contribution < -0.4 is 0 Å². The van der Waals surface area contributed by atoms with Crippen molar-refractivity contribution in [3.05, 3.63) is 15.9 Å². The Morgan fingerprint density at radius 1 is 1.38 bits per heavy atom. The second kappa shape index (κ2) is 7.22. The number of aryl methyl sites for hydroxylation is 2. The molecule has 1 aromatic rings. The fraction of sp³-hybridized carbons (Fsp3) is 0.800. The first-order valence-corrected chi connectivity index (χ1v) is 8.56. The van der Waals surface area contributed by atoms with Gasteiger partial charge in [0.05, 0.1) is 22.0 Å². The van der Waals surface area contributed by atoms with Gasteiger partial charge >= 0.3 is 0 Å². The zero-order valence-electron chi connectivity index (χ0n) is 13.5. The Bertz CT molecular complexity index is 474. The van der Waals surface area contributed by atoms with Gasteiger partial charge in [-0.05, 0) is 49.8 Å². The van der Waals surface area contributed by atoms with Gasteiger partial charge < -0.3 is 10.0 Å². The Kier molecular flexibility index (Phi) is 5.82. The molecule has 0 aliphatic carbocycles. The van der Waals surface area contributed by atoms with Crippen molar-refractivity contribution in [2.75, 3.05) is 27.2 Å². The SMILES string of the molecule is CCc1nn(CC)c(CN2CC(O)CC2CN(C)C)c1Br. The molecule has 0 amide bonds. The van der Waals surface area contributed by atoms with Crippen molar-refractivity contribution in [2.24, 2.45) is 0 Å². The van der Waals surface area contributed by atoms with Crippen LogP contribution >= 0.6 is 15.9 Å². The number of nitrogens with zero attached hydrogens (tertiary/aromatic N) is 4. The van der Waals surface area contributed by atoms with E-state index in [0.29, 0.717) is 6.04 Å². The van der Waals surface area contributed by atoms with E-state index in [9.17, 15) is 5.11 Å². The second-order valence-corrected chi connectivity index (χ2v) is 6.90. The summed E-state index contributed by atoms with van der Waals surface area (Å²) in [5, 5.41) is 14.7. The van der Waals surface area contributed by atoms with Crippen LogP contribution in [-0.4, -0.2) is 64.0 Å². The van der Waals surface area contributed by atoms with Gasteiger partial charge in [0.1, 0.15) is 0 Å². The van der Waals surface area contributed by atoms with Crippen molar-refractivity contribution in [3.8, 4) is 0 Å². The number of aliphatic hydroxyl groups is 1. The van der Waals surface area contributed by atoms with Crippen LogP contribution in [0.2, 0.25) is 0 Å². The molecular weight excluding hydrogens is 332 g/mol. The van der Waals surface area contributed by atoms with E-state index in [1.807, 2.05) is 0 Å². The number of aliphatic hydroxyl groups excluding tert-OH is 1. The summed E-state index contributed by atoms with van der Waals surface area (Å²) in [6.45, 7) is 7.71. The molecule has 1 aromatic heterocycles. The molecule has 6 heteroatoms. The molecule has 1 N–H and O–H groups in total. The van der Waals surface area contributed by atoms with E-state index in [2.05, 4.69) is 63.5 Å². The number of β-amino-alcohol motifs (C(OH)–C–C–N with tert-alkyl or cyclic N) is 1. The van der Waals surface area contributed by atoms with Crippen LogP contribution in [-0.2, 0) is 19.5 Å². The zero-order chi connectivity index (χ0) is 15.6.